The topological polar surface area (TPSA) is 50.7 Å². The average Bonchev–Trinajstić information content (AvgIpc) is 2.66. The van der Waals surface area contributed by atoms with Crippen molar-refractivity contribution in [3.05, 3.63) is 28.3 Å². The van der Waals surface area contributed by atoms with E-state index in [1.807, 2.05) is 10.8 Å². The van der Waals surface area contributed by atoms with Crippen molar-refractivity contribution in [2.24, 2.45) is 0 Å². The smallest absolute Gasteiger partial charge is 0.290 e. The van der Waals surface area contributed by atoms with Crippen molar-refractivity contribution in [1.82, 2.24) is 14.5 Å². The minimum absolute atomic E-state index is 0.0396. The summed E-state index contributed by atoms with van der Waals surface area (Å²) < 4.78 is 1.82. The molecule has 0 amide bonds. The lowest BCUT2D eigenvalue weighted by atomic mass is 10.1. The number of hydrogen-bond acceptors (Lipinski definition) is 2. The fourth-order valence-electron chi connectivity index (χ4n) is 2.24. The molecule has 0 fully saturated rings. The molecule has 0 unspecified atom stereocenters. The van der Waals surface area contributed by atoms with Gasteiger partial charge >= 0.3 is 5.69 Å². The highest BCUT2D eigenvalue weighted by Crippen LogP contribution is 2.12. The maximum absolute atomic E-state index is 11.9. The van der Waals surface area contributed by atoms with Crippen LogP contribution in [0.25, 0.3) is 11.2 Å². The lowest BCUT2D eigenvalue weighted by Gasteiger charge is -2.03. The van der Waals surface area contributed by atoms with E-state index in [2.05, 4.69) is 29.9 Å². The molecular formula is C14H21N3O. The van der Waals surface area contributed by atoms with Gasteiger partial charge in [0.15, 0.2) is 5.65 Å². The van der Waals surface area contributed by atoms with Crippen molar-refractivity contribution < 1.29 is 0 Å². The zero-order chi connectivity index (χ0) is 13.0. The summed E-state index contributed by atoms with van der Waals surface area (Å²) in [5.74, 6) is 0. The second-order valence-corrected chi connectivity index (χ2v) is 4.75. The number of nitrogens with zero attached hydrogens (tertiary/aromatic N) is 2. The second kappa shape index (κ2) is 5.85. The molecule has 4 nitrogen and oxygen atoms in total. The first-order valence-electron chi connectivity index (χ1n) is 6.83. The van der Waals surface area contributed by atoms with E-state index in [-0.39, 0.29) is 5.69 Å². The zero-order valence-electron chi connectivity index (χ0n) is 11.2. The van der Waals surface area contributed by atoms with Crippen LogP contribution in [0.1, 0.15) is 45.1 Å². The first-order chi connectivity index (χ1) is 8.76. The van der Waals surface area contributed by atoms with Crippen molar-refractivity contribution >= 4 is 11.2 Å². The van der Waals surface area contributed by atoms with E-state index in [0.29, 0.717) is 5.65 Å². The Morgan fingerprint density at radius 2 is 2.11 bits per heavy atom. The first kappa shape index (κ1) is 12.9. The van der Waals surface area contributed by atoms with Crippen LogP contribution in [0.4, 0.5) is 0 Å². The van der Waals surface area contributed by atoms with E-state index >= 15 is 0 Å². The molecule has 98 valence electrons. The van der Waals surface area contributed by atoms with E-state index in [9.17, 15) is 4.79 Å². The molecule has 0 saturated carbocycles. The van der Waals surface area contributed by atoms with Crippen LogP contribution in [0.3, 0.4) is 0 Å². The molecule has 0 spiro atoms. The number of aromatic nitrogens is 3. The van der Waals surface area contributed by atoms with Crippen LogP contribution in [-0.4, -0.2) is 14.5 Å². The Labute approximate surface area is 107 Å². The van der Waals surface area contributed by atoms with Gasteiger partial charge in [0.1, 0.15) is 0 Å². The maximum Gasteiger partial charge on any atom is 0.327 e. The molecule has 0 aliphatic rings. The van der Waals surface area contributed by atoms with Crippen LogP contribution in [0.15, 0.2) is 17.1 Å². The Bertz CT molecular complexity index is 568. The van der Waals surface area contributed by atoms with E-state index < -0.39 is 0 Å². The summed E-state index contributed by atoms with van der Waals surface area (Å²) >= 11 is 0. The van der Waals surface area contributed by atoms with Crippen LogP contribution >= 0.6 is 0 Å². The van der Waals surface area contributed by atoms with Gasteiger partial charge in [0.25, 0.3) is 0 Å². The number of nitrogens with one attached hydrogen (secondary N) is 1. The highest BCUT2D eigenvalue weighted by Gasteiger charge is 2.08. The lowest BCUT2D eigenvalue weighted by molar-refractivity contribution is 0.600. The predicted molar refractivity (Wildman–Crippen MR) is 73.9 cm³/mol. The Morgan fingerprint density at radius 3 is 2.83 bits per heavy atom. The molecule has 1 N–H and O–H groups in total. The Balaban J connectivity index is 2.34. The third-order valence-electron chi connectivity index (χ3n) is 3.21. The molecule has 18 heavy (non-hydrogen) atoms. The van der Waals surface area contributed by atoms with E-state index in [4.69, 9.17) is 0 Å². The normalized spacial score (nSPS) is 11.2. The Hall–Kier alpha value is -1.58. The van der Waals surface area contributed by atoms with Crippen LogP contribution in [0, 0.1) is 0 Å². The fraction of sp³-hybridized carbons (Fsp3) is 0.571. The van der Waals surface area contributed by atoms with Crippen molar-refractivity contribution in [2.45, 2.75) is 52.5 Å². The van der Waals surface area contributed by atoms with Gasteiger partial charge < -0.3 is 0 Å². The molecule has 2 heterocycles. The predicted octanol–water partition coefficient (Wildman–Crippen LogP) is 2.87. The number of hydrogen-bond donors (Lipinski definition) is 1. The molecule has 0 saturated heterocycles. The highest BCUT2D eigenvalue weighted by atomic mass is 16.1. The molecule has 2 aromatic rings. The second-order valence-electron chi connectivity index (χ2n) is 4.75. The molecule has 4 heteroatoms. The van der Waals surface area contributed by atoms with Crippen LogP contribution in [0.5, 0.6) is 0 Å². The first-order valence-corrected chi connectivity index (χ1v) is 6.83. The molecule has 2 rings (SSSR count). The van der Waals surface area contributed by atoms with Gasteiger partial charge in [-0.2, -0.15) is 0 Å². The van der Waals surface area contributed by atoms with Gasteiger partial charge in [-0.3, -0.25) is 9.55 Å². The summed E-state index contributed by atoms with van der Waals surface area (Å²) in [5, 5.41) is 0. The van der Waals surface area contributed by atoms with Crippen LogP contribution in [0.2, 0.25) is 0 Å². The number of rotatable bonds is 6. The van der Waals surface area contributed by atoms with Crippen molar-refractivity contribution in [3.63, 3.8) is 0 Å². The largest absolute Gasteiger partial charge is 0.327 e. The number of unbranched alkanes of at least 4 members (excludes halogenated alkanes) is 2. The minimum Gasteiger partial charge on any atom is -0.290 e. The Morgan fingerprint density at radius 1 is 1.28 bits per heavy atom. The number of H-pyrrole nitrogens is 1. The zero-order valence-corrected chi connectivity index (χ0v) is 11.2. The van der Waals surface area contributed by atoms with Crippen molar-refractivity contribution in [1.29, 1.82) is 0 Å². The number of imidazole rings is 1. The summed E-state index contributed by atoms with van der Waals surface area (Å²) in [4.78, 5) is 19.0. The van der Waals surface area contributed by atoms with E-state index in [1.165, 1.54) is 5.56 Å². The summed E-state index contributed by atoms with van der Waals surface area (Å²) in [5.41, 5.74) is 2.81. The van der Waals surface area contributed by atoms with Crippen LogP contribution in [-0.2, 0) is 13.0 Å². The van der Waals surface area contributed by atoms with Crippen molar-refractivity contribution in [3.8, 4) is 0 Å². The number of fused-ring (bicyclic) bond motifs is 1. The van der Waals surface area contributed by atoms with Gasteiger partial charge in [-0.1, -0.05) is 33.1 Å². The van der Waals surface area contributed by atoms with Gasteiger partial charge in [0.05, 0.1) is 5.52 Å². The third-order valence-corrected chi connectivity index (χ3v) is 3.21. The average molecular weight is 247 g/mol. The molecule has 0 aromatic carbocycles. The van der Waals surface area contributed by atoms with Crippen LogP contribution < -0.4 is 5.69 Å². The van der Waals surface area contributed by atoms with Crippen molar-refractivity contribution in [2.75, 3.05) is 0 Å². The number of aryl methyl sites for hydroxylation is 2. The van der Waals surface area contributed by atoms with Gasteiger partial charge in [0, 0.05) is 12.7 Å². The highest BCUT2D eigenvalue weighted by molar-refractivity contribution is 5.71. The number of aromatic amines is 1. The fourth-order valence-corrected chi connectivity index (χ4v) is 2.24. The molecular weight excluding hydrogens is 226 g/mol. The quantitative estimate of drug-likeness (QED) is 0.798. The summed E-state index contributed by atoms with van der Waals surface area (Å²) in [6, 6.07) is 2.09. The van der Waals surface area contributed by atoms with Gasteiger partial charge in [-0.15, -0.1) is 0 Å². The monoisotopic (exact) mass is 247 g/mol. The third kappa shape index (κ3) is 2.63. The molecule has 0 radical (unpaired) electrons. The summed E-state index contributed by atoms with van der Waals surface area (Å²) in [7, 11) is 0. The van der Waals surface area contributed by atoms with Gasteiger partial charge in [-0.05, 0) is 24.5 Å². The standard InChI is InChI=1S/C14H21N3O/c1-3-5-6-8-17-12-9-11(7-4-2)10-15-13(12)16-14(17)18/h9-10H,3-8H2,1-2H3,(H,15,16,18). The lowest BCUT2D eigenvalue weighted by Crippen LogP contribution is -2.16. The SMILES string of the molecule is CCCCCn1c(=O)[nH]c2ncc(CCC)cc21. The summed E-state index contributed by atoms with van der Waals surface area (Å²) in [6.45, 7) is 5.10. The summed E-state index contributed by atoms with van der Waals surface area (Å²) in [6.07, 6.45) is 7.33. The molecule has 0 bridgehead atoms. The molecule has 0 atom stereocenters. The number of pyridine rings is 1. The Kier molecular flexibility index (Phi) is 4.18. The minimum atomic E-state index is -0.0396. The van der Waals surface area contributed by atoms with Gasteiger partial charge in [0.2, 0.25) is 0 Å². The molecule has 0 aliphatic heterocycles. The van der Waals surface area contributed by atoms with E-state index in [0.717, 1.165) is 44.2 Å². The van der Waals surface area contributed by atoms with E-state index in [1.54, 1.807) is 0 Å². The van der Waals surface area contributed by atoms with Gasteiger partial charge in [-0.25, -0.2) is 9.78 Å². The molecule has 2 aromatic heterocycles. The molecule has 0 aliphatic carbocycles. The maximum atomic E-state index is 11.9.